The lowest BCUT2D eigenvalue weighted by Gasteiger charge is -2.25. The number of carbonyl (C=O) groups is 1. The molecule has 0 saturated carbocycles. The molecule has 1 amide bonds. The number of amides is 1. The second kappa shape index (κ2) is 38.0. The number of likely N-dealkylation sites (N-methyl/N-ethyl adjacent to an activating group) is 1. The van der Waals surface area contributed by atoms with Gasteiger partial charge in [-0.3, -0.25) is 13.8 Å². The van der Waals surface area contributed by atoms with Gasteiger partial charge < -0.3 is 19.8 Å². The van der Waals surface area contributed by atoms with Gasteiger partial charge in [0, 0.05) is 6.42 Å². The molecular formula is C46H88N2O6P+. The molecule has 0 fully saturated rings. The van der Waals surface area contributed by atoms with E-state index in [2.05, 4.69) is 55.6 Å². The zero-order chi connectivity index (χ0) is 40.7. The lowest BCUT2D eigenvalue weighted by atomic mass is 10.0. The SMILES string of the molecule is CCCCCC/C=C/CC/C=C/C(O)C(COP(=O)(O)OCC[N+](C)(C)C)NC(=O)CCCCCCCCCCCCC/C=C\C/C=C\CCCCCCC. The Morgan fingerprint density at radius 1 is 0.618 bits per heavy atom. The third-order valence-electron chi connectivity index (χ3n) is 9.77. The number of rotatable bonds is 40. The Kier molecular flexibility index (Phi) is 36.9. The predicted molar refractivity (Wildman–Crippen MR) is 235 cm³/mol. The number of hydrogen-bond acceptors (Lipinski definition) is 5. The van der Waals surface area contributed by atoms with E-state index in [1.807, 2.05) is 27.2 Å². The Hall–Kier alpha value is -1.54. The largest absolute Gasteiger partial charge is 0.472 e. The van der Waals surface area contributed by atoms with Crippen molar-refractivity contribution >= 4 is 13.7 Å². The maximum Gasteiger partial charge on any atom is 0.472 e. The molecule has 322 valence electrons. The highest BCUT2D eigenvalue weighted by molar-refractivity contribution is 7.47. The summed E-state index contributed by atoms with van der Waals surface area (Å²) in [6.07, 6.45) is 47.6. The minimum absolute atomic E-state index is 0.0544. The molecule has 3 atom stereocenters. The van der Waals surface area contributed by atoms with E-state index in [4.69, 9.17) is 9.05 Å². The normalized spacial score (nSPS) is 14.8. The summed E-state index contributed by atoms with van der Waals surface area (Å²) in [6.45, 7) is 4.73. The van der Waals surface area contributed by atoms with Crippen molar-refractivity contribution in [2.75, 3.05) is 40.9 Å². The van der Waals surface area contributed by atoms with E-state index in [1.54, 1.807) is 6.08 Å². The topological polar surface area (TPSA) is 105 Å². The van der Waals surface area contributed by atoms with Gasteiger partial charge in [0.15, 0.2) is 0 Å². The van der Waals surface area contributed by atoms with Crippen molar-refractivity contribution < 1.29 is 32.9 Å². The highest BCUT2D eigenvalue weighted by Crippen LogP contribution is 2.43. The van der Waals surface area contributed by atoms with Crippen molar-refractivity contribution in [3.05, 3.63) is 48.6 Å². The summed E-state index contributed by atoms with van der Waals surface area (Å²) in [7, 11) is 1.55. The molecule has 0 aromatic heterocycles. The molecule has 0 rings (SSSR count). The van der Waals surface area contributed by atoms with Crippen molar-refractivity contribution in [2.24, 2.45) is 0 Å². The molecule has 0 saturated heterocycles. The average molecular weight is 796 g/mol. The Bertz CT molecular complexity index is 1040. The number of aliphatic hydroxyl groups is 1. The van der Waals surface area contributed by atoms with Crippen LogP contribution in [-0.4, -0.2) is 73.4 Å². The van der Waals surface area contributed by atoms with Crippen LogP contribution in [0.3, 0.4) is 0 Å². The van der Waals surface area contributed by atoms with Crippen LogP contribution < -0.4 is 5.32 Å². The van der Waals surface area contributed by atoms with Crippen LogP contribution >= 0.6 is 7.82 Å². The summed E-state index contributed by atoms with van der Waals surface area (Å²) in [5.41, 5.74) is 0. The highest BCUT2D eigenvalue weighted by Gasteiger charge is 2.27. The van der Waals surface area contributed by atoms with Gasteiger partial charge in [-0.2, -0.15) is 0 Å². The number of nitrogens with one attached hydrogen (secondary N) is 1. The van der Waals surface area contributed by atoms with Crippen LogP contribution in [0.4, 0.5) is 0 Å². The molecule has 0 aliphatic heterocycles. The van der Waals surface area contributed by atoms with Gasteiger partial charge >= 0.3 is 7.82 Å². The molecule has 0 aromatic carbocycles. The van der Waals surface area contributed by atoms with Crippen LogP contribution in [0.5, 0.6) is 0 Å². The molecule has 3 unspecified atom stereocenters. The first-order valence-electron chi connectivity index (χ1n) is 22.5. The molecule has 9 heteroatoms. The summed E-state index contributed by atoms with van der Waals surface area (Å²) in [5.74, 6) is -0.193. The molecule has 3 N–H and O–H groups in total. The fraction of sp³-hybridized carbons (Fsp3) is 0.804. The maximum atomic E-state index is 12.8. The Labute approximate surface area is 339 Å². The van der Waals surface area contributed by atoms with E-state index in [-0.39, 0.29) is 19.1 Å². The summed E-state index contributed by atoms with van der Waals surface area (Å²) in [4.78, 5) is 23.1. The van der Waals surface area contributed by atoms with E-state index in [0.717, 1.165) is 44.9 Å². The number of unbranched alkanes of at least 4 members (excludes halogenated alkanes) is 21. The highest BCUT2D eigenvalue weighted by atomic mass is 31.2. The first kappa shape index (κ1) is 53.5. The number of allylic oxidation sites excluding steroid dienone is 7. The molecule has 0 radical (unpaired) electrons. The fourth-order valence-electron chi connectivity index (χ4n) is 6.14. The van der Waals surface area contributed by atoms with Gasteiger partial charge in [-0.15, -0.1) is 0 Å². The Morgan fingerprint density at radius 2 is 1.05 bits per heavy atom. The van der Waals surface area contributed by atoms with Crippen molar-refractivity contribution in [1.82, 2.24) is 5.32 Å². The van der Waals surface area contributed by atoms with Gasteiger partial charge in [-0.25, -0.2) is 4.57 Å². The van der Waals surface area contributed by atoms with Crippen molar-refractivity contribution in [2.45, 2.75) is 199 Å². The maximum absolute atomic E-state index is 12.8. The molecule has 8 nitrogen and oxygen atoms in total. The van der Waals surface area contributed by atoms with Crippen LogP contribution in [-0.2, 0) is 18.4 Å². The third kappa shape index (κ3) is 40.5. The second-order valence-corrected chi connectivity index (χ2v) is 17.9. The second-order valence-electron chi connectivity index (χ2n) is 16.4. The van der Waals surface area contributed by atoms with Gasteiger partial charge in [-0.1, -0.05) is 165 Å². The van der Waals surface area contributed by atoms with Crippen LogP contribution in [0.25, 0.3) is 0 Å². The minimum atomic E-state index is -4.34. The van der Waals surface area contributed by atoms with Gasteiger partial charge in [0.2, 0.25) is 5.91 Å². The molecule has 0 bridgehead atoms. The quantitative estimate of drug-likeness (QED) is 0.0247. The minimum Gasteiger partial charge on any atom is -0.387 e. The molecule has 0 aromatic rings. The smallest absolute Gasteiger partial charge is 0.387 e. The molecule has 0 spiro atoms. The van der Waals surface area contributed by atoms with Crippen LogP contribution in [0, 0.1) is 0 Å². The summed E-state index contributed by atoms with van der Waals surface area (Å²) >= 11 is 0. The lowest BCUT2D eigenvalue weighted by Crippen LogP contribution is -2.45. The van der Waals surface area contributed by atoms with Crippen LogP contribution in [0.2, 0.25) is 0 Å². The third-order valence-corrected chi connectivity index (χ3v) is 10.8. The first-order chi connectivity index (χ1) is 26.5. The molecule has 55 heavy (non-hydrogen) atoms. The van der Waals surface area contributed by atoms with Crippen molar-refractivity contribution in [3.63, 3.8) is 0 Å². The van der Waals surface area contributed by atoms with Gasteiger partial charge in [0.05, 0.1) is 39.9 Å². The monoisotopic (exact) mass is 796 g/mol. The zero-order valence-corrected chi connectivity index (χ0v) is 37.3. The average Bonchev–Trinajstić information content (AvgIpc) is 3.13. The molecule has 0 aliphatic carbocycles. The number of carbonyl (C=O) groups excluding carboxylic acids is 1. The van der Waals surface area contributed by atoms with Gasteiger partial charge in [0.1, 0.15) is 13.2 Å². The van der Waals surface area contributed by atoms with Crippen molar-refractivity contribution in [1.29, 1.82) is 0 Å². The van der Waals surface area contributed by atoms with E-state index in [9.17, 15) is 19.4 Å². The van der Waals surface area contributed by atoms with E-state index >= 15 is 0 Å². The van der Waals surface area contributed by atoms with Crippen LogP contribution in [0.15, 0.2) is 48.6 Å². The first-order valence-corrected chi connectivity index (χ1v) is 24.0. The standard InChI is InChI=1S/C46H87N2O6P/c1-6-8-10-12-14-16-18-19-20-21-22-23-24-25-26-27-28-29-30-32-34-36-38-40-46(50)47-44(43-54-55(51,52)53-42-41-48(3,4)5)45(49)39-37-35-33-31-17-15-13-11-9-7-2/h17-19,21-22,31,37,39,44-45,49H,6-16,20,23-30,32-36,38,40-43H2,1-5H3,(H-,47,50,51,52)/p+1/b19-18-,22-21-,31-17+,39-37+. The summed E-state index contributed by atoms with van der Waals surface area (Å²) in [6, 6.07) is -0.862. The van der Waals surface area contributed by atoms with E-state index in [0.29, 0.717) is 17.4 Å². The number of phosphoric acid groups is 1. The molecule has 0 heterocycles. The fourth-order valence-corrected chi connectivity index (χ4v) is 6.88. The number of nitrogens with zero attached hydrogens (tertiary/aromatic N) is 1. The van der Waals surface area contributed by atoms with E-state index in [1.165, 1.54) is 122 Å². The molecule has 0 aliphatic rings. The summed E-state index contributed by atoms with van der Waals surface area (Å²) in [5, 5.41) is 13.7. The van der Waals surface area contributed by atoms with E-state index < -0.39 is 20.0 Å². The van der Waals surface area contributed by atoms with Gasteiger partial charge in [0.25, 0.3) is 0 Å². The van der Waals surface area contributed by atoms with Gasteiger partial charge in [-0.05, 0) is 64.2 Å². The number of hydrogen-bond donors (Lipinski definition) is 3. The van der Waals surface area contributed by atoms with Crippen molar-refractivity contribution in [3.8, 4) is 0 Å². The Morgan fingerprint density at radius 3 is 1.58 bits per heavy atom. The molecular weight excluding hydrogens is 707 g/mol. The number of quaternary nitrogens is 1. The summed E-state index contributed by atoms with van der Waals surface area (Å²) < 4.78 is 23.5. The van der Waals surface area contributed by atoms with Crippen LogP contribution in [0.1, 0.15) is 187 Å². The Balaban J connectivity index is 4.27. The number of aliphatic hydroxyl groups excluding tert-OH is 1. The zero-order valence-electron chi connectivity index (χ0n) is 36.4. The predicted octanol–water partition coefficient (Wildman–Crippen LogP) is 12.5. The lowest BCUT2D eigenvalue weighted by molar-refractivity contribution is -0.870. The number of phosphoric ester groups is 1.